The molecule has 0 aliphatic heterocycles. The molecular weight excluding hydrogens is 304 g/mol. The van der Waals surface area contributed by atoms with E-state index >= 15 is 0 Å². The molecule has 0 saturated carbocycles. The maximum absolute atomic E-state index is 12.0. The maximum atomic E-state index is 12.0. The Hall–Kier alpha value is -2.49. The summed E-state index contributed by atoms with van der Waals surface area (Å²) in [5, 5.41) is 0.801. The molecule has 0 saturated heterocycles. The molecule has 0 radical (unpaired) electrons. The topological polar surface area (TPSA) is 48.7 Å². The van der Waals surface area contributed by atoms with Crippen molar-refractivity contribution in [2.24, 2.45) is 0 Å². The number of ether oxygens (including phenoxy) is 2. The number of benzene rings is 1. The van der Waals surface area contributed by atoms with Crippen molar-refractivity contribution < 1.29 is 13.9 Å². The Morgan fingerprint density at radius 1 is 1.17 bits per heavy atom. The van der Waals surface area contributed by atoms with Gasteiger partial charge in [-0.1, -0.05) is 17.2 Å². The van der Waals surface area contributed by atoms with Crippen LogP contribution < -0.4 is 15.1 Å². The third-order valence-corrected chi connectivity index (χ3v) is 3.67. The first-order valence-electron chi connectivity index (χ1n) is 8.03. The number of hydrogen-bond acceptors (Lipinski definition) is 4. The van der Waals surface area contributed by atoms with Crippen molar-refractivity contribution in [3.63, 3.8) is 0 Å². The molecule has 4 heteroatoms. The first kappa shape index (κ1) is 17.9. The summed E-state index contributed by atoms with van der Waals surface area (Å²) in [6.45, 7) is 6.61. The molecule has 0 atom stereocenters. The lowest BCUT2D eigenvalue weighted by molar-refractivity contribution is 0.340. The van der Waals surface area contributed by atoms with Crippen molar-refractivity contribution in [2.45, 2.75) is 33.6 Å². The van der Waals surface area contributed by atoms with E-state index in [1.165, 1.54) is 11.1 Å². The summed E-state index contributed by atoms with van der Waals surface area (Å²) >= 11 is 0. The number of allylic oxidation sites excluding steroid dienone is 3. The van der Waals surface area contributed by atoms with E-state index in [0.717, 1.165) is 18.2 Å². The van der Waals surface area contributed by atoms with E-state index in [9.17, 15) is 4.79 Å². The van der Waals surface area contributed by atoms with E-state index in [4.69, 9.17) is 13.9 Å². The zero-order valence-electron chi connectivity index (χ0n) is 14.7. The van der Waals surface area contributed by atoms with Crippen LogP contribution in [0.3, 0.4) is 0 Å². The van der Waals surface area contributed by atoms with Gasteiger partial charge in [-0.3, -0.25) is 0 Å². The van der Waals surface area contributed by atoms with Gasteiger partial charge in [0.1, 0.15) is 17.9 Å². The van der Waals surface area contributed by atoms with Crippen LogP contribution in [0.2, 0.25) is 0 Å². The number of methoxy groups -OCH3 is 1. The second kappa shape index (κ2) is 8.39. The zero-order chi connectivity index (χ0) is 17.5. The minimum absolute atomic E-state index is 0.223. The Labute approximate surface area is 142 Å². The highest BCUT2D eigenvalue weighted by molar-refractivity contribution is 5.79. The van der Waals surface area contributed by atoms with Gasteiger partial charge in [-0.2, -0.15) is 0 Å². The van der Waals surface area contributed by atoms with Gasteiger partial charge < -0.3 is 13.9 Å². The van der Waals surface area contributed by atoms with Gasteiger partial charge in [-0.05, 0) is 57.9 Å². The summed E-state index contributed by atoms with van der Waals surface area (Å²) in [6.07, 6.45) is 6.21. The monoisotopic (exact) mass is 328 g/mol. The van der Waals surface area contributed by atoms with E-state index in [-0.39, 0.29) is 5.75 Å². The van der Waals surface area contributed by atoms with Gasteiger partial charge in [0, 0.05) is 11.5 Å². The van der Waals surface area contributed by atoms with Crippen LogP contribution in [0.15, 0.2) is 56.8 Å². The lowest BCUT2D eigenvalue weighted by Crippen LogP contribution is -2.07. The molecule has 2 aromatic rings. The van der Waals surface area contributed by atoms with E-state index < -0.39 is 5.63 Å². The predicted molar refractivity (Wildman–Crippen MR) is 97.0 cm³/mol. The number of fused-ring (bicyclic) bond motifs is 1. The van der Waals surface area contributed by atoms with Gasteiger partial charge in [0.05, 0.1) is 7.11 Å². The molecule has 24 heavy (non-hydrogen) atoms. The van der Waals surface area contributed by atoms with E-state index in [1.54, 1.807) is 19.2 Å². The molecule has 1 aromatic heterocycles. The fraction of sp³-hybridized carbons (Fsp3) is 0.350. The molecule has 0 aliphatic rings. The molecule has 0 spiro atoms. The van der Waals surface area contributed by atoms with Gasteiger partial charge in [0.15, 0.2) is 0 Å². The van der Waals surface area contributed by atoms with Crippen molar-refractivity contribution in [3.05, 3.63) is 58.0 Å². The van der Waals surface area contributed by atoms with Gasteiger partial charge in [-0.15, -0.1) is 0 Å². The van der Waals surface area contributed by atoms with Crippen molar-refractivity contribution >= 4 is 11.0 Å². The van der Waals surface area contributed by atoms with Crippen molar-refractivity contribution in [2.75, 3.05) is 13.7 Å². The third kappa shape index (κ3) is 5.01. The van der Waals surface area contributed by atoms with Crippen LogP contribution >= 0.6 is 0 Å². The Balaban J connectivity index is 2.03. The van der Waals surface area contributed by atoms with E-state index in [2.05, 4.69) is 26.8 Å². The zero-order valence-corrected chi connectivity index (χ0v) is 14.7. The van der Waals surface area contributed by atoms with E-state index in [1.807, 2.05) is 18.2 Å². The smallest absolute Gasteiger partial charge is 0.379 e. The Morgan fingerprint density at radius 3 is 2.67 bits per heavy atom. The van der Waals surface area contributed by atoms with Crippen LogP contribution in [0, 0.1) is 0 Å². The highest BCUT2D eigenvalue weighted by Crippen LogP contribution is 2.22. The van der Waals surface area contributed by atoms with Crippen LogP contribution in [0.1, 0.15) is 33.6 Å². The average Bonchev–Trinajstić information content (AvgIpc) is 2.54. The van der Waals surface area contributed by atoms with Crippen LogP contribution in [-0.4, -0.2) is 13.7 Å². The summed E-state index contributed by atoms with van der Waals surface area (Å²) in [6, 6.07) is 7.05. The minimum Gasteiger partial charge on any atom is -0.497 e. The molecule has 4 nitrogen and oxygen atoms in total. The number of hydrogen-bond donors (Lipinski definition) is 0. The van der Waals surface area contributed by atoms with Gasteiger partial charge in [-0.25, -0.2) is 4.79 Å². The molecule has 2 rings (SSSR count). The van der Waals surface area contributed by atoms with Crippen LogP contribution in [0.4, 0.5) is 0 Å². The highest BCUT2D eigenvalue weighted by atomic mass is 16.5. The molecule has 0 fully saturated rings. The Kier molecular flexibility index (Phi) is 6.24. The normalized spacial score (nSPS) is 11.4. The molecule has 1 aromatic carbocycles. The summed E-state index contributed by atoms with van der Waals surface area (Å²) in [7, 11) is 1.57. The second-order valence-corrected chi connectivity index (χ2v) is 5.98. The van der Waals surface area contributed by atoms with E-state index in [0.29, 0.717) is 17.9 Å². The fourth-order valence-corrected chi connectivity index (χ4v) is 2.26. The lowest BCUT2D eigenvalue weighted by atomic mass is 10.1. The molecule has 0 unspecified atom stereocenters. The predicted octanol–water partition coefficient (Wildman–Crippen LogP) is 4.87. The standard InChI is InChI=1S/C20H24O4/c1-14(2)6-5-7-15(3)10-11-23-19-12-16-8-9-17(22-4)13-18(16)24-20(19)21/h6,8-10,12-13H,5,7,11H2,1-4H3/b15-10+. The van der Waals surface area contributed by atoms with Gasteiger partial charge in [0.25, 0.3) is 0 Å². The maximum Gasteiger partial charge on any atom is 0.379 e. The van der Waals surface area contributed by atoms with Gasteiger partial charge >= 0.3 is 5.63 Å². The average molecular weight is 328 g/mol. The highest BCUT2D eigenvalue weighted by Gasteiger charge is 2.07. The Bertz CT molecular complexity index is 808. The fourth-order valence-electron chi connectivity index (χ4n) is 2.26. The second-order valence-electron chi connectivity index (χ2n) is 5.98. The quantitative estimate of drug-likeness (QED) is 0.537. The van der Waals surface area contributed by atoms with Crippen molar-refractivity contribution in [3.8, 4) is 11.5 Å². The largest absolute Gasteiger partial charge is 0.497 e. The molecule has 128 valence electrons. The molecular formula is C20H24O4. The first-order valence-corrected chi connectivity index (χ1v) is 8.03. The third-order valence-electron chi connectivity index (χ3n) is 3.67. The molecule has 0 amide bonds. The molecule has 1 heterocycles. The number of rotatable bonds is 7. The molecule has 0 bridgehead atoms. The molecule has 0 N–H and O–H groups in total. The summed E-state index contributed by atoms with van der Waals surface area (Å²) in [5.74, 6) is 0.871. The summed E-state index contributed by atoms with van der Waals surface area (Å²) in [4.78, 5) is 12.0. The van der Waals surface area contributed by atoms with Crippen LogP contribution in [-0.2, 0) is 0 Å². The van der Waals surface area contributed by atoms with Crippen LogP contribution in [0.25, 0.3) is 11.0 Å². The van der Waals surface area contributed by atoms with Crippen LogP contribution in [0.5, 0.6) is 11.5 Å². The van der Waals surface area contributed by atoms with Gasteiger partial charge in [0.2, 0.25) is 5.75 Å². The SMILES string of the molecule is COc1ccc2cc(OC/C=C(\C)CCC=C(C)C)c(=O)oc2c1. The lowest BCUT2D eigenvalue weighted by Gasteiger charge is -2.05. The Morgan fingerprint density at radius 2 is 1.96 bits per heavy atom. The minimum atomic E-state index is -0.480. The molecule has 0 aliphatic carbocycles. The summed E-state index contributed by atoms with van der Waals surface area (Å²) < 4.78 is 16.0. The summed E-state index contributed by atoms with van der Waals surface area (Å²) in [5.41, 5.74) is 2.57. The van der Waals surface area contributed by atoms with Crippen molar-refractivity contribution in [1.82, 2.24) is 0 Å². The van der Waals surface area contributed by atoms with Crippen molar-refractivity contribution in [1.29, 1.82) is 0 Å². The first-order chi connectivity index (χ1) is 11.5.